The minimum absolute atomic E-state index is 0. The second kappa shape index (κ2) is 6.79. The first-order valence-electron chi connectivity index (χ1n) is 7.62. The highest BCUT2D eigenvalue weighted by molar-refractivity contribution is 5.85. The molecule has 1 amide bonds. The molecule has 2 aliphatic rings. The summed E-state index contributed by atoms with van der Waals surface area (Å²) >= 11 is 0. The fourth-order valence-corrected chi connectivity index (χ4v) is 2.68. The molecule has 1 N–H and O–H groups in total. The zero-order valence-corrected chi connectivity index (χ0v) is 13.6. The summed E-state index contributed by atoms with van der Waals surface area (Å²) in [6.07, 6.45) is 8.84. The molecule has 0 aromatic carbocycles. The minimum Gasteiger partial charge on any atom is -0.340 e. The van der Waals surface area contributed by atoms with E-state index in [0.717, 1.165) is 30.5 Å². The van der Waals surface area contributed by atoms with Crippen LogP contribution in [0.1, 0.15) is 37.3 Å². The second-order valence-electron chi connectivity index (χ2n) is 6.30. The normalized spacial score (nSPS) is 19.0. The molecular formula is C15H25ClN4O. The number of carbonyl (C=O) groups is 1. The van der Waals surface area contributed by atoms with Crippen LogP contribution in [-0.2, 0) is 11.8 Å². The number of hydrogen-bond acceptors (Lipinski definition) is 3. The van der Waals surface area contributed by atoms with E-state index < -0.39 is 0 Å². The SMILES string of the molecule is CNC(C(=O)N(CC1CC1)CC1CC1)c1cnn(C)c1.Cl. The Hall–Kier alpha value is -1.07. The summed E-state index contributed by atoms with van der Waals surface area (Å²) < 4.78 is 1.75. The van der Waals surface area contributed by atoms with Gasteiger partial charge in [0.15, 0.2) is 0 Å². The number of amides is 1. The van der Waals surface area contributed by atoms with Crippen LogP contribution in [-0.4, -0.2) is 40.7 Å². The molecule has 0 aliphatic heterocycles. The van der Waals surface area contributed by atoms with Crippen LogP contribution in [0.5, 0.6) is 0 Å². The van der Waals surface area contributed by atoms with Gasteiger partial charge in [0.1, 0.15) is 6.04 Å². The van der Waals surface area contributed by atoms with Crippen molar-refractivity contribution in [3.8, 4) is 0 Å². The summed E-state index contributed by atoms with van der Waals surface area (Å²) in [5.74, 6) is 1.69. The van der Waals surface area contributed by atoms with Gasteiger partial charge in [0.05, 0.1) is 6.20 Å². The first kappa shape index (κ1) is 16.3. The van der Waals surface area contributed by atoms with E-state index in [1.54, 1.807) is 10.9 Å². The Morgan fingerprint density at radius 3 is 2.33 bits per heavy atom. The molecule has 5 nitrogen and oxygen atoms in total. The molecule has 0 radical (unpaired) electrons. The molecule has 1 atom stereocenters. The molecule has 2 saturated carbocycles. The van der Waals surface area contributed by atoms with Crippen LogP contribution in [0, 0.1) is 11.8 Å². The zero-order chi connectivity index (χ0) is 14.1. The molecule has 118 valence electrons. The predicted octanol–water partition coefficient (Wildman–Crippen LogP) is 1.75. The smallest absolute Gasteiger partial charge is 0.244 e. The third-order valence-corrected chi connectivity index (χ3v) is 4.26. The third kappa shape index (κ3) is 4.20. The van der Waals surface area contributed by atoms with Crippen molar-refractivity contribution in [2.75, 3.05) is 20.1 Å². The average molecular weight is 313 g/mol. The Kier molecular flexibility index (Phi) is 5.27. The highest BCUT2D eigenvalue weighted by atomic mass is 35.5. The van der Waals surface area contributed by atoms with Gasteiger partial charge < -0.3 is 10.2 Å². The first-order valence-corrected chi connectivity index (χ1v) is 7.62. The first-order chi connectivity index (χ1) is 9.67. The van der Waals surface area contributed by atoms with E-state index in [-0.39, 0.29) is 24.4 Å². The number of nitrogens with one attached hydrogen (secondary N) is 1. The van der Waals surface area contributed by atoms with Gasteiger partial charge in [-0.25, -0.2) is 0 Å². The van der Waals surface area contributed by atoms with E-state index in [1.807, 2.05) is 20.3 Å². The van der Waals surface area contributed by atoms with Crippen LogP contribution in [0.15, 0.2) is 12.4 Å². The number of carbonyl (C=O) groups excluding carboxylic acids is 1. The summed E-state index contributed by atoms with van der Waals surface area (Å²) in [7, 11) is 3.73. The highest BCUT2D eigenvalue weighted by Gasteiger charge is 2.34. The lowest BCUT2D eigenvalue weighted by Crippen LogP contribution is -2.42. The molecule has 2 fully saturated rings. The monoisotopic (exact) mass is 312 g/mol. The zero-order valence-electron chi connectivity index (χ0n) is 12.8. The molecule has 1 heterocycles. The largest absolute Gasteiger partial charge is 0.340 e. The number of likely N-dealkylation sites (N-methyl/N-ethyl adjacent to an activating group) is 1. The van der Waals surface area contributed by atoms with E-state index in [9.17, 15) is 4.79 Å². The summed E-state index contributed by atoms with van der Waals surface area (Å²) in [6.45, 7) is 1.88. The number of hydrogen-bond donors (Lipinski definition) is 1. The number of nitrogens with zero attached hydrogens (tertiary/aromatic N) is 3. The molecule has 2 aliphatic carbocycles. The van der Waals surface area contributed by atoms with E-state index in [1.165, 1.54) is 25.7 Å². The molecule has 3 rings (SSSR count). The number of halogens is 1. The van der Waals surface area contributed by atoms with Crippen molar-refractivity contribution < 1.29 is 4.79 Å². The quantitative estimate of drug-likeness (QED) is 0.834. The van der Waals surface area contributed by atoms with Crippen LogP contribution in [0.25, 0.3) is 0 Å². The van der Waals surface area contributed by atoms with Crippen LogP contribution < -0.4 is 5.32 Å². The van der Waals surface area contributed by atoms with Gasteiger partial charge in [-0.3, -0.25) is 9.48 Å². The number of rotatable bonds is 7. The van der Waals surface area contributed by atoms with Crippen molar-refractivity contribution in [3.05, 3.63) is 18.0 Å². The van der Waals surface area contributed by atoms with E-state index in [0.29, 0.717) is 0 Å². The molecule has 0 saturated heterocycles. The second-order valence-corrected chi connectivity index (χ2v) is 6.30. The van der Waals surface area contributed by atoms with Gasteiger partial charge in [-0.2, -0.15) is 5.10 Å². The van der Waals surface area contributed by atoms with Crippen molar-refractivity contribution in [1.29, 1.82) is 0 Å². The van der Waals surface area contributed by atoms with Gasteiger partial charge in [0.2, 0.25) is 5.91 Å². The maximum Gasteiger partial charge on any atom is 0.244 e. The Morgan fingerprint density at radius 1 is 1.38 bits per heavy atom. The van der Waals surface area contributed by atoms with Gasteiger partial charge in [0.25, 0.3) is 0 Å². The Morgan fingerprint density at radius 2 is 1.95 bits per heavy atom. The number of aryl methyl sites for hydroxylation is 1. The van der Waals surface area contributed by atoms with Gasteiger partial charge in [-0.15, -0.1) is 12.4 Å². The minimum atomic E-state index is -0.263. The summed E-state index contributed by atoms with van der Waals surface area (Å²) in [5, 5.41) is 7.33. The molecule has 1 aromatic heterocycles. The predicted molar refractivity (Wildman–Crippen MR) is 84.3 cm³/mol. The van der Waals surface area contributed by atoms with Gasteiger partial charge in [-0.05, 0) is 44.6 Å². The standard InChI is InChI=1S/C15H24N4O.ClH/c1-16-14(13-7-17-18(2)10-13)15(20)19(8-11-3-4-11)9-12-5-6-12;/h7,10-12,14,16H,3-6,8-9H2,1-2H3;1H. The molecule has 21 heavy (non-hydrogen) atoms. The Balaban J connectivity index is 0.00000161. The van der Waals surface area contributed by atoms with Crippen molar-refractivity contribution in [2.45, 2.75) is 31.7 Å². The molecule has 6 heteroatoms. The maximum atomic E-state index is 12.8. The molecular weight excluding hydrogens is 288 g/mol. The van der Waals surface area contributed by atoms with Crippen molar-refractivity contribution in [3.63, 3.8) is 0 Å². The van der Waals surface area contributed by atoms with Crippen LogP contribution in [0.4, 0.5) is 0 Å². The number of aromatic nitrogens is 2. The van der Waals surface area contributed by atoms with E-state index >= 15 is 0 Å². The molecule has 0 bridgehead atoms. The van der Waals surface area contributed by atoms with Crippen LogP contribution in [0.3, 0.4) is 0 Å². The fourth-order valence-electron chi connectivity index (χ4n) is 2.68. The Bertz CT molecular complexity index is 468. The van der Waals surface area contributed by atoms with Crippen molar-refractivity contribution in [1.82, 2.24) is 20.0 Å². The lowest BCUT2D eigenvalue weighted by molar-refractivity contribution is -0.134. The van der Waals surface area contributed by atoms with Crippen LogP contribution >= 0.6 is 12.4 Å². The Labute approximate surface area is 132 Å². The molecule has 0 spiro atoms. The van der Waals surface area contributed by atoms with Crippen LogP contribution in [0.2, 0.25) is 0 Å². The van der Waals surface area contributed by atoms with Gasteiger partial charge in [-0.1, -0.05) is 0 Å². The molecule has 1 unspecified atom stereocenters. The average Bonchev–Trinajstić information content (AvgIpc) is 3.33. The molecule has 1 aromatic rings. The lowest BCUT2D eigenvalue weighted by atomic mass is 10.1. The van der Waals surface area contributed by atoms with E-state index in [4.69, 9.17) is 0 Å². The summed E-state index contributed by atoms with van der Waals surface area (Å²) in [6, 6.07) is -0.263. The summed E-state index contributed by atoms with van der Waals surface area (Å²) in [4.78, 5) is 14.9. The fraction of sp³-hybridized carbons (Fsp3) is 0.733. The third-order valence-electron chi connectivity index (χ3n) is 4.26. The van der Waals surface area contributed by atoms with E-state index in [2.05, 4.69) is 15.3 Å². The lowest BCUT2D eigenvalue weighted by Gasteiger charge is -2.27. The van der Waals surface area contributed by atoms with Gasteiger partial charge in [0, 0.05) is 31.9 Å². The topological polar surface area (TPSA) is 50.2 Å². The summed E-state index contributed by atoms with van der Waals surface area (Å²) in [5.41, 5.74) is 0.955. The van der Waals surface area contributed by atoms with Gasteiger partial charge >= 0.3 is 0 Å². The van der Waals surface area contributed by atoms with Crippen molar-refractivity contribution >= 4 is 18.3 Å². The highest BCUT2D eigenvalue weighted by Crippen LogP contribution is 2.34. The maximum absolute atomic E-state index is 12.8. The van der Waals surface area contributed by atoms with Crippen molar-refractivity contribution in [2.24, 2.45) is 18.9 Å².